The molecule has 0 aliphatic heterocycles. The summed E-state index contributed by atoms with van der Waals surface area (Å²) < 4.78 is 0. The first-order chi connectivity index (χ1) is 5.34. The Morgan fingerprint density at radius 1 is 1.45 bits per heavy atom. The summed E-state index contributed by atoms with van der Waals surface area (Å²) in [5, 5.41) is 0.210. The van der Waals surface area contributed by atoms with E-state index in [0.717, 1.165) is 0 Å². The zero-order chi connectivity index (χ0) is 8.10. The molecule has 0 unspecified atom stereocenters. The maximum absolute atomic E-state index is 9.82. The summed E-state index contributed by atoms with van der Waals surface area (Å²) in [6.07, 6.45) is 3.39. The summed E-state index contributed by atoms with van der Waals surface area (Å²) in [5.74, 6) is 0.321. The van der Waals surface area contributed by atoms with Crippen molar-refractivity contribution >= 4 is 23.8 Å². The molecule has 0 fully saturated rings. The monoisotopic (exact) mass is 172 g/mol. The molecule has 5 nitrogen and oxygen atoms in total. The summed E-state index contributed by atoms with van der Waals surface area (Å²) in [6.45, 7) is 0. The van der Waals surface area contributed by atoms with Crippen LogP contribution in [0.5, 0.6) is 0 Å². The highest BCUT2D eigenvalue weighted by atomic mass is 35.5. The molecule has 0 aliphatic carbocycles. The molecule has 0 bridgehead atoms. The fourth-order valence-electron chi connectivity index (χ4n) is 0.503. The molecule has 0 saturated heterocycles. The molecular formula is C5H5ClN4O. The molecule has 1 rings (SSSR count). The molecule has 11 heavy (non-hydrogen) atoms. The van der Waals surface area contributed by atoms with Gasteiger partial charge in [0.05, 0.1) is 0 Å². The van der Waals surface area contributed by atoms with Crippen molar-refractivity contribution in [1.29, 1.82) is 0 Å². The van der Waals surface area contributed by atoms with Gasteiger partial charge >= 0.3 is 0 Å². The van der Waals surface area contributed by atoms with E-state index in [1.807, 2.05) is 0 Å². The number of carbonyl (C=O) groups excluding carboxylic acids is 1. The van der Waals surface area contributed by atoms with E-state index < -0.39 is 0 Å². The predicted octanol–water partition coefficient (Wildman–Crippen LogP) is 0.203. The minimum absolute atomic E-state index is 0.210. The lowest BCUT2D eigenvalue weighted by atomic mass is 10.7. The second kappa shape index (κ2) is 3.72. The van der Waals surface area contributed by atoms with Crippen LogP contribution in [0.2, 0.25) is 5.15 Å². The van der Waals surface area contributed by atoms with E-state index in [1.54, 1.807) is 0 Å². The van der Waals surface area contributed by atoms with E-state index in [-0.39, 0.29) is 5.15 Å². The van der Waals surface area contributed by atoms with Crippen molar-refractivity contribution in [3.8, 4) is 0 Å². The maximum atomic E-state index is 9.82. The smallest absolute Gasteiger partial charge is 0.225 e. The minimum Gasteiger partial charge on any atom is -0.280 e. The van der Waals surface area contributed by atoms with Crippen molar-refractivity contribution < 1.29 is 4.79 Å². The van der Waals surface area contributed by atoms with Crippen LogP contribution in [0.25, 0.3) is 0 Å². The normalized spacial score (nSPS) is 8.82. The molecule has 1 heterocycles. The van der Waals surface area contributed by atoms with Crippen molar-refractivity contribution in [2.24, 2.45) is 0 Å². The van der Waals surface area contributed by atoms with Crippen LogP contribution >= 0.6 is 11.6 Å². The molecule has 0 saturated carbocycles. The molecule has 0 spiro atoms. The van der Waals surface area contributed by atoms with Gasteiger partial charge in [-0.25, -0.2) is 9.97 Å². The van der Waals surface area contributed by atoms with Crippen molar-refractivity contribution in [3.63, 3.8) is 0 Å². The summed E-state index contributed by atoms with van der Waals surface area (Å²) in [4.78, 5) is 17.3. The van der Waals surface area contributed by atoms with Crippen LogP contribution in [0.4, 0.5) is 5.82 Å². The Hall–Kier alpha value is -1.36. The minimum atomic E-state index is 0.210. The van der Waals surface area contributed by atoms with Gasteiger partial charge in [-0.15, -0.1) is 0 Å². The van der Waals surface area contributed by atoms with Crippen molar-refractivity contribution in [3.05, 3.63) is 17.5 Å². The fourth-order valence-corrected chi connectivity index (χ4v) is 0.655. The summed E-state index contributed by atoms with van der Waals surface area (Å²) >= 11 is 5.57. The van der Waals surface area contributed by atoms with Crippen molar-refractivity contribution in [2.45, 2.75) is 0 Å². The first-order valence-corrected chi connectivity index (χ1v) is 3.14. The largest absolute Gasteiger partial charge is 0.280 e. The number of amides is 1. The number of aromatic nitrogens is 2. The summed E-state index contributed by atoms with van der Waals surface area (Å²) in [5.41, 5.74) is 4.63. The third kappa shape index (κ3) is 2.05. The zero-order valence-electron chi connectivity index (χ0n) is 5.41. The Morgan fingerprint density at radius 3 is 2.82 bits per heavy atom. The van der Waals surface area contributed by atoms with Gasteiger partial charge in [0.1, 0.15) is 0 Å². The quantitative estimate of drug-likeness (QED) is 0.505. The van der Waals surface area contributed by atoms with E-state index in [1.165, 1.54) is 12.4 Å². The highest BCUT2D eigenvalue weighted by Gasteiger charge is 1.97. The predicted molar refractivity (Wildman–Crippen MR) is 39.9 cm³/mol. The number of hydrogen-bond acceptors (Lipinski definition) is 4. The van der Waals surface area contributed by atoms with Crippen molar-refractivity contribution in [2.75, 3.05) is 5.43 Å². The Kier molecular flexibility index (Phi) is 2.62. The van der Waals surface area contributed by atoms with E-state index in [0.29, 0.717) is 12.2 Å². The van der Waals surface area contributed by atoms with Crippen LogP contribution in [0.1, 0.15) is 0 Å². The van der Waals surface area contributed by atoms with Crippen LogP contribution in [-0.2, 0) is 4.79 Å². The van der Waals surface area contributed by atoms with E-state index >= 15 is 0 Å². The molecule has 0 aromatic carbocycles. The Labute approximate surface area is 67.8 Å². The molecule has 2 N–H and O–H groups in total. The van der Waals surface area contributed by atoms with Crippen molar-refractivity contribution in [1.82, 2.24) is 15.4 Å². The van der Waals surface area contributed by atoms with Crippen LogP contribution in [0, 0.1) is 0 Å². The fraction of sp³-hybridized carbons (Fsp3) is 0. The Balaban J connectivity index is 2.69. The molecule has 6 heteroatoms. The lowest BCUT2D eigenvalue weighted by Crippen LogP contribution is -2.20. The first kappa shape index (κ1) is 7.74. The van der Waals surface area contributed by atoms with Gasteiger partial charge in [-0.2, -0.15) is 0 Å². The number of anilines is 1. The first-order valence-electron chi connectivity index (χ1n) is 2.76. The van der Waals surface area contributed by atoms with Gasteiger partial charge in [-0.3, -0.25) is 15.6 Å². The van der Waals surface area contributed by atoms with Gasteiger partial charge in [0.25, 0.3) is 0 Å². The second-order valence-electron chi connectivity index (χ2n) is 1.58. The number of nitrogens with zero attached hydrogens (tertiary/aromatic N) is 2. The van der Waals surface area contributed by atoms with Gasteiger partial charge < -0.3 is 0 Å². The van der Waals surface area contributed by atoms with E-state index in [9.17, 15) is 4.79 Å². The van der Waals surface area contributed by atoms with Crippen LogP contribution in [-0.4, -0.2) is 16.4 Å². The summed E-state index contributed by atoms with van der Waals surface area (Å²) in [7, 11) is 0. The lowest BCUT2D eigenvalue weighted by Gasteiger charge is -2.01. The van der Waals surface area contributed by atoms with Crippen LogP contribution in [0.3, 0.4) is 0 Å². The maximum Gasteiger partial charge on any atom is 0.225 e. The highest BCUT2D eigenvalue weighted by molar-refractivity contribution is 6.31. The van der Waals surface area contributed by atoms with Gasteiger partial charge in [0.15, 0.2) is 11.0 Å². The topological polar surface area (TPSA) is 66.9 Å². The molecule has 0 aliphatic rings. The second-order valence-corrected chi connectivity index (χ2v) is 1.94. The average molecular weight is 173 g/mol. The standard InChI is InChI=1S/C5H5ClN4O/c6-4-5(10-9-3-11)8-2-1-7-4/h1-3H,(H,8,10)(H,9,11). The molecule has 58 valence electrons. The van der Waals surface area contributed by atoms with E-state index in [4.69, 9.17) is 11.6 Å². The lowest BCUT2D eigenvalue weighted by molar-refractivity contribution is -0.109. The number of halogens is 1. The van der Waals surface area contributed by atoms with Crippen LogP contribution < -0.4 is 10.9 Å². The van der Waals surface area contributed by atoms with E-state index in [2.05, 4.69) is 20.8 Å². The third-order valence-electron chi connectivity index (χ3n) is 0.903. The Bertz CT molecular complexity index is 254. The molecule has 1 aromatic heterocycles. The molecule has 0 atom stereocenters. The SMILES string of the molecule is O=CNNc1nccnc1Cl. The van der Waals surface area contributed by atoms with Gasteiger partial charge in [0, 0.05) is 12.4 Å². The van der Waals surface area contributed by atoms with Gasteiger partial charge in [0.2, 0.25) is 6.41 Å². The van der Waals surface area contributed by atoms with Crippen LogP contribution in [0.15, 0.2) is 12.4 Å². The molecule has 1 aromatic rings. The summed E-state index contributed by atoms with van der Waals surface area (Å²) in [6, 6.07) is 0. The number of hydrogen-bond donors (Lipinski definition) is 2. The number of nitrogens with one attached hydrogen (secondary N) is 2. The van der Waals surface area contributed by atoms with Gasteiger partial charge in [-0.05, 0) is 0 Å². The Morgan fingerprint density at radius 2 is 2.18 bits per heavy atom. The number of carbonyl (C=O) groups is 1. The molecule has 0 radical (unpaired) electrons. The average Bonchev–Trinajstić information content (AvgIpc) is 2.03. The third-order valence-corrected chi connectivity index (χ3v) is 1.18. The highest BCUT2D eigenvalue weighted by Crippen LogP contribution is 2.11. The van der Waals surface area contributed by atoms with Gasteiger partial charge in [-0.1, -0.05) is 11.6 Å². The molecular weight excluding hydrogens is 168 g/mol. The zero-order valence-corrected chi connectivity index (χ0v) is 6.17. The molecule has 1 amide bonds. The number of rotatable bonds is 3. The number of hydrazine groups is 1.